The third-order valence-corrected chi connectivity index (χ3v) is 3.20. The maximum atomic E-state index is 5.84. The highest BCUT2D eigenvalue weighted by Gasteiger charge is 2.11. The van der Waals surface area contributed by atoms with Crippen molar-refractivity contribution in [2.75, 3.05) is 5.73 Å². The lowest BCUT2D eigenvalue weighted by Crippen LogP contribution is -2.30. The molecule has 0 atom stereocenters. The molecule has 0 radical (unpaired) electrons. The molecule has 0 aliphatic carbocycles. The van der Waals surface area contributed by atoms with Gasteiger partial charge in [0.25, 0.3) is 0 Å². The molecule has 0 saturated heterocycles. The number of hydrogen-bond donors (Lipinski definition) is 1. The van der Waals surface area contributed by atoms with Crippen LogP contribution in [-0.4, -0.2) is 4.98 Å². The Labute approximate surface area is 111 Å². The summed E-state index contributed by atoms with van der Waals surface area (Å²) in [6.45, 7) is 5.03. The van der Waals surface area contributed by atoms with Crippen molar-refractivity contribution in [2.24, 2.45) is 0 Å². The first-order chi connectivity index (χ1) is 9.17. The number of hydrogen-bond acceptors (Lipinski definition) is 3. The summed E-state index contributed by atoms with van der Waals surface area (Å²) in [4.78, 5) is 4.50. The molecule has 2 heterocycles. The van der Waals surface area contributed by atoms with E-state index in [2.05, 4.69) is 16.5 Å². The quantitative estimate of drug-likeness (QED) is 0.565. The van der Waals surface area contributed by atoms with E-state index >= 15 is 0 Å². The van der Waals surface area contributed by atoms with Gasteiger partial charge in [0, 0.05) is 23.4 Å². The van der Waals surface area contributed by atoms with Crippen LogP contribution in [0.4, 0.5) is 5.69 Å². The van der Waals surface area contributed by atoms with Crippen molar-refractivity contribution in [3.05, 3.63) is 42.2 Å². The fourth-order valence-electron chi connectivity index (χ4n) is 2.16. The van der Waals surface area contributed by atoms with E-state index in [4.69, 9.17) is 10.2 Å². The number of aromatic nitrogens is 2. The van der Waals surface area contributed by atoms with E-state index in [0.29, 0.717) is 11.6 Å². The van der Waals surface area contributed by atoms with Crippen LogP contribution in [0.2, 0.25) is 0 Å². The van der Waals surface area contributed by atoms with Gasteiger partial charge in [-0.3, -0.25) is 0 Å². The Morgan fingerprint density at radius 2 is 2.00 bits per heavy atom. The van der Waals surface area contributed by atoms with Crippen molar-refractivity contribution in [1.82, 2.24) is 4.98 Å². The summed E-state index contributed by atoms with van der Waals surface area (Å²) in [5.41, 5.74) is 10.1. The third-order valence-electron chi connectivity index (χ3n) is 3.20. The molecule has 0 amide bonds. The summed E-state index contributed by atoms with van der Waals surface area (Å²) >= 11 is 0. The van der Waals surface area contributed by atoms with Crippen LogP contribution in [0.25, 0.3) is 22.6 Å². The number of oxazole rings is 1. The zero-order valence-electron chi connectivity index (χ0n) is 11.1. The van der Waals surface area contributed by atoms with E-state index in [1.54, 1.807) is 0 Å². The summed E-state index contributed by atoms with van der Waals surface area (Å²) in [7, 11) is 0. The monoisotopic (exact) mass is 254 g/mol. The first-order valence-electron chi connectivity index (χ1n) is 6.33. The van der Waals surface area contributed by atoms with E-state index in [-0.39, 0.29) is 0 Å². The van der Waals surface area contributed by atoms with Gasteiger partial charge in [0.2, 0.25) is 5.89 Å². The molecule has 0 fully saturated rings. The highest BCUT2D eigenvalue weighted by Crippen LogP contribution is 2.27. The predicted octanol–water partition coefficient (Wildman–Crippen LogP) is 2.69. The first kappa shape index (κ1) is 11.7. The Kier molecular flexibility index (Phi) is 2.71. The lowest BCUT2D eigenvalue weighted by molar-refractivity contribution is -0.693. The SMILES string of the molecule is CC[n+]1ccc(-c2nc3cc(N)cc(C)c3o2)cc1. The Balaban J connectivity index is 2.12. The van der Waals surface area contributed by atoms with Crippen LogP contribution in [-0.2, 0) is 6.54 Å². The first-order valence-corrected chi connectivity index (χ1v) is 6.33. The molecule has 0 bridgehead atoms. The molecular weight excluding hydrogens is 238 g/mol. The minimum Gasteiger partial charge on any atom is -0.436 e. The number of nitrogens with two attached hydrogens (primary N) is 1. The molecule has 4 heteroatoms. The summed E-state index contributed by atoms with van der Waals surface area (Å²) < 4.78 is 7.93. The van der Waals surface area contributed by atoms with Gasteiger partial charge in [-0.05, 0) is 31.5 Å². The zero-order chi connectivity index (χ0) is 13.4. The molecule has 19 heavy (non-hydrogen) atoms. The number of nitrogens with zero attached hydrogens (tertiary/aromatic N) is 2. The topological polar surface area (TPSA) is 55.9 Å². The van der Waals surface area contributed by atoms with E-state index in [9.17, 15) is 0 Å². The average Bonchev–Trinajstić information content (AvgIpc) is 2.83. The number of fused-ring (bicyclic) bond motifs is 1. The smallest absolute Gasteiger partial charge is 0.227 e. The number of rotatable bonds is 2. The molecule has 2 aromatic heterocycles. The lowest BCUT2D eigenvalue weighted by atomic mass is 10.2. The second kappa shape index (κ2) is 4.39. The molecule has 0 spiro atoms. The molecule has 1 aromatic carbocycles. The van der Waals surface area contributed by atoms with Crippen molar-refractivity contribution in [2.45, 2.75) is 20.4 Å². The normalized spacial score (nSPS) is 11.1. The molecule has 96 valence electrons. The Morgan fingerprint density at radius 3 is 2.68 bits per heavy atom. The van der Waals surface area contributed by atoms with Gasteiger partial charge in [0.15, 0.2) is 18.0 Å². The molecule has 0 aliphatic rings. The average molecular weight is 254 g/mol. The van der Waals surface area contributed by atoms with Crippen molar-refractivity contribution in [1.29, 1.82) is 0 Å². The molecular formula is C15H16N3O+. The number of benzene rings is 1. The van der Waals surface area contributed by atoms with Crippen molar-refractivity contribution in [3.63, 3.8) is 0 Å². The predicted molar refractivity (Wildman–Crippen MR) is 74.5 cm³/mol. The van der Waals surface area contributed by atoms with Crippen LogP contribution in [0.1, 0.15) is 12.5 Å². The molecule has 0 aliphatic heterocycles. The summed E-state index contributed by atoms with van der Waals surface area (Å²) in [6, 6.07) is 7.75. The second-order valence-corrected chi connectivity index (χ2v) is 4.62. The molecule has 2 N–H and O–H groups in total. The van der Waals surface area contributed by atoms with Gasteiger partial charge in [-0.15, -0.1) is 0 Å². The summed E-state index contributed by atoms with van der Waals surface area (Å²) in [6.07, 6.45) is 4.04. The highest BCUT2D eigenvalue weighted by molar-refractivity contribution is 5.82. The molecule has 3 rings (SSSR count). The van der Waals surface area contributed by atoms with Gasteiger partial charge in [-0.25, -0.2) is 9.55 Å². The van der Waals surface area contributed by atoms with Crippen LogP contribution in [0.3, 0.4) is 0 Å². The van der Waals surface area contributed by atoms with Crippen LogP contribution in [0, 0.1) is 6.92 Å². The van der Waals surface area contributed by atoms with E-state index in [1.165, 1.54) is 0 Å². The molecule has 4 nitrogen and oxygen atoms in total. The van der Waals surface area contributed by atoms with Crippen molar-refractivity contribution in [3.8, 4) is 11.5 Å². The van der Waals surface area contributed by atoms with E-state index in [1.807, 2.05) is 43.6 Å². The minimum atomic E-state index is 0.631. The van der Waals surface area contributed by atoms with Crippen molar-refractivity contribution >= 4 is 16.8 Å². The second-order valence-electron chi connectivity index (χ2n) is 4.62. The Morgan fingerprint density at radius 1 is 1.26 bits per heavy atom. The van der Waals surface area contributed by atoms with Gasteiger partial charge >= 0.3 is 0 Å². The summed E-state index contributed by atoms with van der Waals surface area (Å²) in [5, 5.41) is 0. The highest BCUT2D eigenvalue weighted by atomic mass is 16.3. The largest absolute Gasteiger partial charge is 0.436 e. The van der Waals surface area contributed by atoms with Crippen LogP contribution in [0.5, 0.6) is 0 Å². The Bertz CT molecular complexity index is 729. The fraction of sp³-hybridized carbons (Fsp3) is 0.200. The minimum absolute atomic E-state index is 0.631. The van der Waals surface area contributed by atoms with Gasteiger partial charge in [-0.1, -0.05) is 0 Å². The van der Waals surface area contributed by atoms with Crippen LogP contribution < -0.4 is 10.3 Å². The molecule has 0 saturated carbocycles. The van der Waals surface area contributed by atoms with E-state index < -0.39 is 0 Å². The number of nitrogen functional groups attached to an aromatic ring is 1. The maximum absolute atomic E-state index is 5.84. The van der Waals surface area contributed by atoms with Crippen LogP contribution in [0.15, 0.2) is 41.1 Å². The number of pyridine rings is 1. The standard InChI is InChI=1S/C15H16N3O/c1-3-18-6-4-11(5-7-18)15-17-13-9-12(16)8-10(2)14(13)19-15/h4-9H,3,16H2,1-2H3/q+1. The van der Waals surface area contributed by atoms with Gasteiger partial charge < -0.3 is 10.2 Å². The Hall–Kier alpha value is -2.36. The molecule has 0 unspecified atom stereocenters. The summed E-state index contributed by atoms with van der Waals surface area (Å²) in [5.74, 6) is 0.631. The van der Waals surface area contributed by atoms with Crippen molar-refractivity contribution < 1.29 is 8.98 Å². The molecule has 3 aromatic rings. The number of anilines is 1. The van der Waals surface area contributed by atoms with E-state index in [0.717, 1.165) is 28.8 Å². The third kappa shape index (κ3) is 2.05. The van der Waals surface area contributed by atoms with Gasteiger partial charge in [0.05, 0.1) is 0 Å². The zero-order valence-corrected chi connectivity index (χ0v) is 11.1. The maximum Gasteiger partial charge on any atom is 0.227 e. The van der Waals surface area contributed by atoms with Crippen LogP contribution >= 0.6 is 0 Å². The van der Waals surface area contributed by atoms with Gasteiger partial charge in [0.1, 0.15) is 12.1 Å². The fourth-order valence-corrected chi connectivity index (χ4v) is 2.16. The lowest BCUT2D eigenvalue weighted by Gasteiger charge is -1.95. The number of aryl methyl sites for hydroxylation is 2. The van der Waals surface area contributed by atoms with Gasteiger partial charge in [-0.2, -0.15) is 0 Å².